The van der Waals surface area contributed by atoms with E-state index in [0.717, 1.165) is 0 Å². The zero-order chi connectivity index (χ0) is 16.2. The third-order valence-corrected chi connectivity index (χ3v) is 2.98. The molecular formula is C17H22N4O. The highest BCUT2D eigenvalue weighted by molar-refractivity contribution is 5.92. The molecule has 22 heavy (non-hydrogen) atoms. The highest BCUT2D eigenvalue weighted by atomic mass is 16.2. The van der Waals surface area contributed by atoms with E-state index in [1.54, 1.807) is 12.1 Å². The van der Waals surface area contributed by atoms with Gasteiger partial charge in [-0.3, -0.25) is 4.79 Å². The van der Waals surface area contributed by atoms with E-state index in [1.807, 2.05) is 20.8 Å². The number of benzene rings is 1. The lowest BCUT2D eigenvalue weighted by Gasteiger charge is -2.19. The van der Waals surface area contributed by atoms with Crippen LogP contribution in [-0.2, 0) is 6.54 Å². The minimum Gasteiger partial charge on any atom is -0.365 e. The zero-order valence-corrected chi connectivity index (χ0v) is 13.5. The normalized spacial score (nSPS) is 11.1. The van der Waals surface area contributed by atoms with E-state index in [1.165, 1.54) is 11.1 Å². The summed E-state index contributed by atoms with van der Waals surface area (Å²) in [5.41, 5.74) is 2.43. The van der Waals surface area contributed by atoms with Crippen molar-refractivity contribution in [1.82, 2.24) is 15.5 Å². The van der Waals surface area contributed by atoms with Gasteiger partial charge in [-0.1, -0.05) is 29.8 Å². The van der Waals surface area contributed by atoms with Gasteiger partial charge in [-0.25, -0.2) is 0 Å². The second kappa shape index (κ2) is 6.56. The van der Waals surface area contributed by atoms with Crippen LogP contribution in [0.2, 0.25) is 0 Å². The van der Waals surface area contributed by atoms with Gasteiger partial charge in [0, 0.05) is 12.1 Å². The monoisotopic (exact) mass is 298 g/mol. The van der Waals surface area contributed by atoms with Crippen molar-refractivity contribution in [3.8, 4) is 0 Å². The molecule has 2 aromatic rings. The van der Waals surface area contributed by atoms with Crippen LogP contribution in [0.3, 0.4) is 0 Å². The smallest absolute Gasteiger partial charge is 0.272 e. The van der Waals surface area contributed by atoms with Crippen molar-refractivity contribution >= 4 is 11.7 Å². The van der Waals surface area contributed by atoms with E-state index in [9.17, 15) is 4.79 Å². The molecule has 2 rings (SSSR count). The lowest BCUT2D eigenvalue weighted by Crippen LogP contribution is -2.41. The summed E-state index contributed by atoms with van der Waals surface area (Å²) in [6.07, 6.45) is 0. The van der Waals surface area contributed by atoms with Crippen LogP contribution in [0.25, 0.3) is 0 Å². The van der Waals surface area contributed by atoms with Crippen molar-refractivity contribution < 1.29 is 4.79 Å². The fraction of sp³-hybridized carbons (Fsp3) is 0.353. The summed E-state index contributed by atoms with van der Waals surface area (Å²) in [5, 5.41) is 14.1. The van der Waals surface area contributed by atoms with Crippen LogP contribution < -0.4 is 10.6 Å². The van der Waals surface area contributed by atoms with Crippen LogP contribution in [0.5, 0.6) is 0 Å². The molecule has 1 amide bonds. The first-order valence-corrected chi connectivity index (χ1v) is 7.29. The van der Waals surface area contributed by atoms with E-state index in [4.69, 9.17) is 0 Å². The Morgan fingerprint density at radius 1 is 1.05 bits per heavy atom. The fourth-order valence-corrected chi connectivity index (χ4v) is 1.85. The summed E-state index contributed by atoms with van der Waals surface area (Å²) in [7, 11) is 0. The molecule has 0 aliphatic carbocycles. The van der Waals surface area contributed by atoms with Crippen LogP contribution in [0.15, 0.2) is 36.4 Å². The molecule has 0 saturated heterocycles. The van der Waals surface area contributed by atoms with Gasteiger partial charge in [-0.2, -0.15) is 0 Å². The first kappa shape index (κ1) is 15.9. The van der Waals surface area contributed by atoms with Crippen molar-refractivity contribution in [3.05, 3.63) is 53.2 Å². The van der Waals surface area contributed by atoms with E-state index < -0.39 is 0 Å². The number of hydrogen-bond acceptors (Lipinski definition) is 4. The summed E-state index contributed by atoms with van der Waals surface area (Å²) in [5.74, 6) is 0.429. The van der Waals surface area contributed by atoms with Crippen molar-refractivity contribution in [2.45, 2.75) is 39.8 Å². The van der Waals surface area contributed by atoms with Gasteiger partial charge in [0.2, 0.25) is 0 Å². The summed E-state index contributed by atoms with van der Waals surface area (Å²) in [6.45, 7) is 8.51. The third-order valence-electron chi connectivity index (χ3n) is 2.98. The van der Waals surface area contributed by atoms with Gasteiger partial charge in [0.05, 0.1) is 0 Å². The van der Waals surface area contributed by atoms with Gasteiger partial charge in [0.15, 0.2) is 5.69 Å². The first-order chi connectivity index (χ1) is 10.3. The number of carbonyl (C=O) groups is 1. The topological polar surface area (TPSA) is 66.9 Å². The SMILES string of the molecule is Cc1ccc(CNc2ccc(C(=O)NC(C)(C)C)nn2)cc1. The third kappa shape index (κ3) is 4.84. The lowest BCUT2D eigenvalue weighted by atomic mass is 10.1. The largest absolute Gasteiger partial charge is 0.365 e. The Hall–Kier alpha value is -2.43. The minimum atomic E-state index is -0.291. The summed E-state index contributed by atoms with van der Waals surface area (Å²) in [4.78, 5) is 11.9. The molecule has 1 aromatic carbocycles. The Balaban J connectivity index is 1.94. The molecule has 0 atom stereocenters. The second-order valence-corrected chi connectivity index (χ2v) is 6.35. The molecule has 0 bridgehead atoms. The van der Waals surface area contributed by atoms with Crippen molar-refractivity contribution in [1.29, 1.82) is 0 Å². The molecule has 2 N–H and O–H groups in total. The van der Waals surface area contributed by atoms with Crippen LogP contribution >= 0.6 is 0 Å². The van der Waals surface area contributed by atoms with E-state index in [-0.39, 0.29) is 11.4 Å². The average Bonchev–Trinajstić information content (AvgIpc) is 2.45. The zero-order valence-electron chi connectivity index (χ0n) is 13.5. The maximum atomic E-state index is 11.9. The predicted molar refractivity (Wildman–Crippen MR) is 87.8 cm³/mol. The molecule has 1 heterocycles. The number of carbonyl (C=O) groups excluding carboxylic acids is 1. The van der Waals surface area contributed by atoms with Crippen LogP contribution in [0, 0.1) is 6.92 Å². The number of aryl methyl sites for hydroxylation is 1. The maximum Gasteiger partial charge on any atom is 0.272 e. The molecule has 0 aliphatic heterocycles. The fourth-order valence-electron chi connectivity index (χ4n) is 1.85. The van der Waals surface area contributed by atoms with Crippen LogP contribution in [0.4, 0.5) is 5.82 Å². The highest BCUT2D eigenvalue weighted by Gasteiger charge is 2.16. The molecule has 0 aliphatic rings. The Labute approximate surface area is 131 Å². The Bertz CT molecular complexity index is 627. The number of nitrogens with zero attached hydrogens (tertiary/aromatic N) is 2. The number of hydrogen-bond donors (Lipinski definition) is 2. The number of amides is 1. The second-order valence-electron chi connectivity index (χ2n) is 6.35. The molecule has 0 fully saturated rings. The molecule has 1 aromatic heterocycles. The Morgan fingerprint density at radius 3 is 2.27 bits per heavy atom. The van der Waals surface area contributed by atoms with Gasteiger partial charge < -0.3 is 10.6 Å². The summed E-state index contributed by atoms with van der Waals surface area (Å²) in [6, 6.07) is 11.7. The molecule has 116 valence electrons. The Morgan fingerprint density at radius 2 is 1.73 bits per heavy atom. The average molecular weight is 298 g/mol. The Kier molecular flexibility index (Phi) is 4.75. The molecule has 0 spiro atoms. The van der Waals surface area contributed by atoms with Crippen molar-refractivity contribution in [2.24, 2.45) is 0 Å². The van der Waals surface area contributed by atoms with Crippen molar-refractivity contribution in [2.75, 3.05) is 5.32 Å². The number of rotatable bonds is 4. The molecule has 0 unspecified atom stereocenters. The molecule has 5 heteroatoms. The molecular weight excluding hydrogens is 276 g/mol. The lowest BCUT2D eigenvalue weighted by molar-refractivity contribution is 0.0913. The number of nitrogens with one attached hydrogen (secondary N) is 2. The van der Waals surface area contributed by atoms with Gasteiger partial charge in [0.25, 0.3) is 5.91 Å². The summed E-state index contributed by atoms with van der Waals surface area (Å²) < 4.78 is 0. The van der Waals surface area contributed by atoms with Crippen LogP contribution in [0.1, 0.15) is 42.4 Å². The van der Waals surface area contributed by atoms with E-state index in [0.29, 0.717) is 18.1 Å². The van der Waals surface area contributed by atoms with Gasteiger partial charge >= 0.3 is 0 Å². The summed E-state index contributed by atoms with van der Waals surface area (Å²) >= 11 is 0. The van der Waals surface area contributed by atoms with Gasteiger partial charge in [0.1, 0.15) is 5.82 Å². The molecule has 0 saturated carbocycles. The number of anilines is 1. The van der Waals surface area contributed by atoms with Gasteiger partial charge in [-0.05, 0) is 45.4 Å². The predicted octanol–water partition coefficient (Wildman–Crippen LogP) is 2.93. The first-order valence-electron chi connectivity index (χ1n) is 7.29. The highest BCUT2D eigenvalue weighted by Crippen LogP contribution is 2.08. The quantitative estimate of drug-likeness (QED) is 0.910. The van der Waals surface area contributed by atoms with Crippen LogP contribution in [-0.4, -0.2) is 21.6 Å². The van der Waals surface area contributed by atoms with E-state index >= 15 is 0 Å². The molecule has 5 nitrogen and oxygen atoms in total. The standard InChI is InChI=1S/C17H22N4O/c1-12-5-7-13(8-6-12)11-18-15-10-9-14(20-21-15)16(22)19-17(2,3)4/h5-10H,11H2,1-4H3,(H,18,21)(H,19,22). The minimum absolute atomic E-state index is 0.218. The van der Waals surface area contributed by atoms with Gasteiger partial charge in [-0.15, -0.1) is 10.2 Å². The number of aromatic nitrogens is 2. The van der Waals surface area contributed by atoms with E-state index in [2.05, 4.69) is 52.0 Å². The van der Waals surface area contributed by atoms with Crippen molar-refractivity contribution in [3.63, 3.8) is 0 Å². The molecule has 0 radical (unpaired) electrons. The maximum absolute atomic E-state index is 11.9.